The molecular formula is C59H111NO18. The van der Waals surface area contributed by atoms with E-state index in [0.717, 1.165) is 51.4 Å². The summed E-state index contributed by atoms with van der Waals surface area (Å²) in [7, 11) is 0. The number of hydrogen-bond acceptors (Lipinski definition) is 18. The highest BCUT2D eigenvalue weighted by Gasteiger charge is 2.53. The molecule has 17 unspecified atom stereocenters. The molecule has 3 fully saturated rings. The highest BCUT2D eigenvalue weighted by Crippen LogP contribution is 2.33. The number of carbonyl (C=O) groups is 1. The molecule has 78 heavy (non-hydrogen) atoms. The highest BCUT2D eigenvalue weighted by molar-refractivity contribution is 5.76. The number of aliphatic hydroxyl groups is 11. The molecule has 0 aromatic carbocycles. The van der Waals surface area contributed by atoms with Crippen LogP contribution in [0, 0.1) is 0 Å². The van der Waals surface area contributed by atoms with E-state index in [1.807, 2.05) is 0 Å². The molecule has 3 rings (SSSR count). The lowest BCUT2D eigenvalue weighted by molar-refractivity contribution is -0.379. The standard InChI is InChI=1S/C59H111NO18/c1-3-5-7-9-11-13-15-17-19-20-21-22-23-25-27-29-31-33-35-37-47(65)60-42(43(64)36-34-32-30-28-26-24-18-16-14-12-10-8-6-4-2)41-73-57-53(71)50(68)55(45(39-62)75-57)78-59-54(72)51(69)56(46(40-63)76-59)77-58-52(70)49(67)48(66)44(38-61)74-58/h17,19,42-46,48-59,61-64,66-72H,3-16,18,20-41H2,1-2H3,(H,60,65)/b19-17-. The Morgan fingerprint density at radius 1 is 0.449 bits per heavy atom. The minimum absolute atomic E-state index is 0.244. The van der Waals surface area contributed by atoms with Gasteiger partial charge in [-0.05, 0) is 38.5 Å². The van der Waals surface area contributed by atoms with Gasteiger partial charge in [-0.2, -0.15) is 0 Å². The van der Waals surface area contributed by atoms with Crippen LogP contribution in [0.3, 0.4) is 0 Å². The molecule has 3 heterocycles. The van der Waals surface area contributed by atoms with E-state index >= 15 is 0 Å². The fourth-order valence-corrected chi connectivity index (χ4v) is 10.7. The third-order valence-corrected chi connectivity index (χ3v) is 15.8. The number of ether oxygens (including phenoxy) is 6. The van der Waals surface area contributed by atoms with E-state index < -0.39 is 124 Å². The number of hydrogen-bond donors (Lipinski definition) is 12. The summed E-state index contributed by atoms with van der Waals surface area (Å²) in [6.45, 7) is 1.79. The van der Waals surface area contributed by atoms with Crippen molar-refractivity contribution in [3.63, 3.8) is 0 Å². The van der Waals surface area contributed by atoms with Crippen LogP contribution in [0.4, 0.5) is 0 Å². The quantitative estimate of drug-likeness (QED) is 0.0254. The summed E-state index contributed by atoms with van der Waals surface area (Å²) >= 11 is 0. The van der Waals surface area contributed by atoms with Crippen molar-refractivity contribution in [3.05, 3.63) is 12.2 Å². The Morgan fingerprint density at radius 3 is 1.24 bits per heavy atom. The van der Waals surface area contributed by atoms with Gasteiger partial charge in [-0.25, -0.2) is 0 Å². The molecule has 3 saturated heterocycles. The van der Waals surface area contributed by atoms with Crippen LogP contribution in [0.15, 0.2) is 12.2 Å². The number of allylic oxidation sites excluding steroid dienone is 2. The average Bonchev–Trinajstić information content (AvgIpc) is 3.45. The van der Waals surface area contributed by atoms with Crippen molar-refractivity contribution in [2.75, 3.05) is 26.4 Å². The minimum atomic E-state index is -1.97. The summed E-state index contributed by atoms with van der Waals surface area (Å²) < 4.78 is 34.3. The van der Waals surface area contributed by atoms with Crippen molar-refractivity contribution in [1.82, 2.24) is 5.32 Å². The number of carbonyl (C=O) groups excluding carboxylic acids is 1. The Bertz CT molecular complexity index is 1480. The van der Waals surface area contributed by atoms with Crippen LogP contribution >= 0.6 is 0 Å². The van der Waals surface area contributed by atoms with Gasteiger partial charge in [0.1, 0.15) is 73.2 Å². The first kappa shape index (κ1) is 70.8. The largest absolute Gasteiger partial charge is 0.394 e. The normalized spacial score (nSPS) is 30.5. The molecule has 0 aromatic rings. The van der Waals surface area contributed by atoms with Crippen molar-refractivity contribution in [1.29, 1.82) is 0 Å². The molecule has 460 valence electrons. The Morgan fingerprint density at radius 2 is 0.808 bits per heavy atom. The number of unbranched alkanes of at least 4 members (excludes halogenated alkanes) is 28. The summed E-state index contributed by atoms with van der Waals surface area (Å²) in [5.41, 5.74) is 0. The monoisotopic (exact) mass is 1120 g/mol. The smallest absolute Gasteiger partial charge is 0.220 e. The Kier molecular flexibility index (Phi) is 39.2. The van der Waals surface area contributed by atoms with Crippen molar-refractivity contribution < 1.29 is 89.4 Å². The Balaban J connectivity index is 1.48. The van der Waals surface area contributed by atoms with Gasteiger partial charge >= 0.3 is 0 Å². The predicted molar refractivity (Wildman–Crippen MR) is 296 cm³/mol. The van der Waals surface area contributed by atoms with Crippen LogP contribution in [0.1, 0.15) is 226 Å². The molecule has 3 aliphatic heterocycles. The zero-order chi connectivity index (χ0) is 56.9. The summed E-state index contributed by atoms with van der Waals surface area (Å²) in [5.74, 6) is -0.244. The Hall–Kier alpha value is -1.47. The van der Waals surface area contributed by atoms with Crippen LogP contribution < -0.4 is 5.32 Å². The SMILES string of the molecule is CCCCCCCC/C=C\CCCCCCCCCCCC(=O)NC(COC1OC(CO)C(OC2OC(CO)C(OC3OC(CO)C(O)C(O)C3O)C(O)C2O)C(O)C1O)C(O)CCCCCCCCCCCCCCCC. The van der Waals surface area contributed by atoms with E-state index in [1.165, 1.54) is 141 Å². The lowest BCUT2D eigenvalue weighted by Crippen LogP contribution is -2.66. The van der Waals surface area contributed by atoms with Crippen molar-refractivity contribution in [3.8, 4) is 0 Å². The van der Waals surface area contributed by atoms with Gasteiger partial charge in [0.2, 0.25) is 5.91 Å². The zero-order valence-electron chi connectivity index (χ0n) is 47.9. The van der Waals surface area contributed by atoms with Gasteiger partial charge in [0.05, 0.1) is 38.6 Å². The topological polar surface area (TPSA) is 307 Å². The van der Waals surface area contributed by atoms with E-state index in [0.29, 0.717) is 12.8 Å². The van der Waals surface area contributed by atoms with Crippen molar-refractivity contribution in [2.45, 2.75) is 330 Å². The molecule has 3 aliphatic rings. The molecule has 0 radical (unpaired) electrons. The second kappa shape index (κ2) is 43.2. The molecule has 0 spiro atoms. The first-order valence-electron chi connectivity index (χ1n) is 30.9. The molecule has 0 aromatic heterocycles. The molecule has 0 bridgehead atoms. The molecule has 0 saturated carbocycles. The molecule has 1 amide bonds. The average molecular weight is 1120 g/mol. The Labute approximate surface area is 467 Å². The van der Waals surface area contributed by atoms with Crippen molar-refractivity contribution >= 4 is 5.91 Å². The van der Waals surface area contributed by atoms with Gasteiger partial charge < -0.3 is 89.9 Å². The van der Waals surface area contributed by atoms with Crippen LogP contribution in [0.5, 0.6) is 0 Å². The third-order valence-electron chi connectivity index (χ3n) is 15.8. The van der Waals surface area contributed by atoms with E-state index in [4.69, 9.17) is 28.4 Å². The summed E-state index contributed by atoms with van der Waals surface area (Å²) in [6.07, 6.45) is 15.7. The van der Waals surface area contributed by atoms with Crippen LogP contribution in [0.2, 0.25) is 0 Å². The maximum absolute atomic E-state index is 13.3. The lowest BCUT2D eigenvalue weighted by Gasteiger charge is -2.48. The second-order valence-electron chi connectivity index (χ2n) is 22.5. The number of amides is 1. The summed E-state index contributed by atoms with van der Waals surface area (Å²) in [6, 6.07) is -0.884. The molecule has 17 atom stereocenters. The fourth-order valence-electron chi connectivity index (χ4n) is 10.7. The summed E-state index contributed by atoms with van der Waals surface area (Å²) in [4.78, 5) is 13.3. The zero-order valence-corrected chi connectivity index (χ0v) is 47.9. The van der Waals surface area contributed by atoms with Crippen LogP contribution in [-0.2, 0) is 33.2 Å². The molecule has 0 aliphatic carbocycles. The maximum atomic E-state index is 13.3. The maximum Gasteiger partial charge on any atom is 0.220 e. The highest BCUT2D eigenvalue weighted by atomic mass is 16.8. The van der Waals surface area contributed by atoms with Gasteiger partial charge in [-0.3, -0.25) is 4.79 Å². The van der Waals surface area contributed by atoms with Crippen LogP contribution in [-0.4, -0.2) is 193 Å². The van der Waals surface area contributed by atoms with Gasteiger partial charge in [0.15, 0.2) is 18.9 Å². The van der Waals surface area contributed by atoms with E-state index in [-0.39, 0.29) is 18.9 Å². The van der Waals surface area contributed by atoms with Gasteiger partial charge in [-0.15, -0.1) is 0 Å². The fraction of sp³-hybridized carbons (Fsp3) is 0.949. The van der Waals surface area contributed by atoms with Gasteiger partial charge in [0.25, 0.3) is 0 Å². The molecule has 19 heteroatoms. The summed E-state index contributed by atoms with van der Waals surface area (Å²) in [5, 5.41) is 120. The van der Waals surface area contributed by atoms with E-state index in [2.05, 4.69) is 31.3 Å². The van der Waals surface area contributed by atoms with E-state index in [9.17, 15) is 61.0 Å². The second-order valence-corrected chi connectivity index (χ2v) is 22.5. The first-order chi connectivity index (χ1) is 37.8. The molecule has 19 nitrogen and oxygen atoms in total. The number of nitrogens with one attached hydrogen (secondary N) is 1. The predicted octanol–water partition coefficient (Wildman–Crippen LogP) is 5.77. The molecular weight excluding hydrogens is 1010 g/mol. The minimum Gasteiger partial charge on any atom is -0.394 e. The number of aliphatic hydroxyl groups excluding tert-OH is 11. The number of rotatable bonds is 46. The molecule has 12 N–H and O–H groups in total. The third kappa shape index (κ3) is 26.8. The van der Waals surface area contributed by atoms with Crippen LogP contribution in [0.25, 0.3) is 0 Å². The van der Waals surface area contributed by atoms with Gasteiger partial charge in [0, 0.05) is 6.42 Å². The first-order valence-corrected chi connectivity index (χ1v) is 30.9. The van der Waals surface area contributed by atoms with E-state index in [1.54, 1.807) is 0 Å². The van der Waals surface area contributed by atoms with Crippen molar-refractivity contribution in [2.24, 2.45) is 0 Å². The lowest BCUT2D eigenvalue weighted by atomic mass is 9.96. The van der Waals surface area contributed by atoms with Gasteiger partial charge in [-0.1, -0.05) is 193 Å².